The monoisotopic (exact) mass is 280 g/mol. The van der Waals surface area contributed by atoms with Crippen LogP contribution in [0.25, 0.3) is 0 Å². The Bertz CT molecular complexity index is 499. The second-order valence-corrected chi connectivity index (χ2v) is 3.84. The van der Waals surface area contributed by atoms with Crippen LogP contribution in [0.15, 0.2) is 29.4 Å². The number of oxime groups is 1. The van der Waals surface area contributed by atoms with Crippen molar-refractivity contribution in [2.75, 3.05) is 19.8 Å². The Morgan fingerprint density at radius 1 is 1.20 bits per heavy atom. The van der Waals surface area contributed by atoms with Crippen molar-refractivity contribution in [3.05, 3.63) is 35.4 Å². The number of primary amides is 1. The second kappa shape index (κ2) is 7.74. The van der Waals surface area contributed by atoms with Gasteiger partial charge in [-0.1, -0.05) is 17.3 Å². The summed E-state index contributed by atoms with van der Waals surface area (Å²) < 4.78 is 4.90. The fraction of sp³-hybridized carbons (Fsp3) is 0.250. The molecule has 8 nitrogen and oxygen atoms in total. The van der Waals surface area contributed by atoms with Gasteiger partial charge in [0.15, 0.2) is 5.84 Å². The molecule has 0 unspecified atom stereocenters. The van der Waals surface area contributed by atoms with Gasteiger partial charge < -0.3 is 26.7 Å². The van der Waals surface area contributed by atoms with Crippen molar-refractivity contribution >= 4 is 17.6 Å². The van der Waals surface area contributed by atoms with Crippen molar-refractivity contribution in [2.24, 2.45) is 16.6 Å². The van der Waals surface area contributed by atoms with E-state index in [1.807, 2.05) is 0 Å². The predicted molar refractivity (Wildman–Crippen MR) is 71.3 cm³/mol. The molecule has 8 heteroatoms. The van der Waals surface area contributed by atoms with Crippen molar-refractivity contribution in [1.82, 2.24) is 5.32 Å². The zero-order valence-electron chi connectivity index (χ0n) is 10.7. The first kappa shape index (κ1) is 15.4. The van der Waals surface area contributed by atoms with Crippen LogP contribution in [0, 0.1) is 0 Å². The first-order valence-corrected chi connectivity index (χ1v) is 5.77. The molecule has 0 aliphatic heterocycles. The smallest absolute Gasteiger partial charge is 0.251 e. The normalized spacial score (nSPS) is 11.1. The Balaban J connectivity index is 2.42. The second-order valence-electron chi connectivity index (χ2n) is 3.84. The highest BCUT2D eigenvalue weighted by atomic mass is 16.5. The summed E-state index contributed by atoms with van der Waals surface area (Å²) in [6.07, 6.45) is 0. The number of nitrogens with one attached hydrogen (secondary N) is 1. The van der Waals surface area contributed by atoms with Crippen LogP contribution in [0.3, 0.4) is 0 Å². The van der Waals surface area contributed by atoms with Crippen molar-refractivity contribution in [3.63, 3.8) is 0 Å². The van der Waals surface area contributed by atoms with Gasteiger partial charge in [0, 0.05) is 17.7 Å². The van der Waals surface area contributed by atoms with E-state index >= 15 is 0 Å². The van der Waals surface area contributed by atoms with E-state index in [2.05, 4.69) is 10.5 Å². The van der Waals surface area contributed by atoms with Crippen LogP contribution in [0.5, 0.6) is 0 Å². The van der Waals surface area contributed by atoms with Gasteiger partial charge in [-0.3, -0.25) is 9.59 Å². The number of rotatable bonds is 7. The fourth-order valence-corrected chi connectivity index (χ4v) is 1.36. The minimum absolute atomic E-state index is 0.0307. The van der Waals surface area contributed by atoms with E-state index in [1.54, 1.807) is 24.3 Å². The highest BCUT2D eigenvalue weighted by Crippen LogP contribution is 2.04. The molecule has 0 heterocycles. The Morgan fingerprint density at radius 3 is 2.35 bits per heavy atom. The van der Waals surface area contributed by atoms with Crippen LogP contribution in [-0.2, 0) is 9.53 Å². The molecule has 1 aromatic carbocycles. The largest absolute Gasteiger partial charge is 0.409 e. The molecule has 108 valence electrons. The zero-order chi connectivity index (χ0) is 15.0. The number of ether oxygens (including phenoxy) is 1. The van der Waals surface area contributed by atoms with Gasteiger partial charge in [-0.05, 0) is 12.1 Å². The molecule has 1 aromatic rings. The Labute approximate surface area is 115 Å². The van der Waals surface area contributed by atoms with Gasteiger partial charge in [-0.25, -0.2) is 0 Å². The Hall–Kier alpha value is -2.61. The predicted octanol–water partition coefficient (Wildman–Crippen LogP) is -0.987. The summed E-state index contributed by atoms with van der Waals surface area (Å²) in [4.78, 5) is 22.1. The first-order chi connectivity index (χ1) is 9.54. The molecule has 0 radical (unpaired) electrons. The molecular weight excluding hydrogens is 264 g/mol. The van der Waals surface area contributed by atoms with Crippen molar-refractivity contribution in [3.8, 4) is 0 Å². The molecule has 0 aromatic heterocycles. The van der Waals surface area contributed by atoms with Crippen LogP contribution in [-0.4, -0.2) is 42.6 Å². The summed E-state index contributed by atoms with van der Waals surface area (Å²) in [5.74, 6) is -0.884. The Kier molecular flexibility index (Phi) is 5.98. The van der Waals surface area contributed by atoms with Crippen molar-refractivity contribution < 1.29 is 19.5 Å². The number of nitrogens with zero attached hydrogens (tertiary/aromatic N) is 1. The lowest BCUT2D eigenvalue weighted by Gasteiger charge is -2.06. The van der Waals surface area contributed by atoms with Gasteiger partial charge >= 0.3 is 0 Å². The van der Waals surface area contributed by atoms with Gasteiger partial charge in [0.2, 0.25) is 5.91 Å². The summed E-state index contributed by atoms with van der Waals surface area (Å²) >= 11 is 0. The highest BCUT2D eigenvalue weighted by molar-refractivity contribution is 5.99. The molecule has 6 N–H and O–H groups in total. The number of benzene rings is 1. The lowest BCUT2D eigenvalue weighted by atomic mass is 10.1. The van der Waals surface area contributed by atoms with Gasteiger partial charge in [0.1, 0.15) is 6.61 Å². The standard InChI is InChI=1S/C12H16N4O4/c13-10(17)7-20-6-5-15-12(18)9-3-1-8(2-4-9)11(14)16-19/h1-4,19H,5-7H2,(H2,13,17)(H2,14,16)(H,15,18). The molecule has 0 fully saturated rings. The molecule has 20 heavy (non-hydrogen) atoms. The first-order valence-electron chi connectivity index (χ1n) is 5.77. The van der Waals surface area contributed by atoms with Gasteiger partial charge in [-0.15, -0.1) is 0 Å². The summed E-state index contributed by atoms with van der Waals surface area (Å²) in [5, 5.41) is 14.0. The van der Waals surface area contributed by atoms with E-state index in [0.717, 1.165) is 0 Å². The quantitative estimate of drug-likeness (QED) is 0.167. The van der Waals surface area contributed by atoms with Gasteiger partial charge in [0.05, 0.1) is 6.61 Å². The maximum atomic E-state index is 11.7. The highest BCUT2D eigenvalue weighted by Gasteiger charge is 2.06. The number of hydrogen-bond acceptors (Lipinski definition) is 5. The van der Waals surface area contributed by atoms with Crippen molar-refractivity contribution in [2.45, 2.75) is 0 Å². The molecule has 0 atom stereocenters. The maximum Gasteiger partial charge on any atom is 0.251 e. The average Bonchev–Trinajstić information content (AvgIpc) is 2.45. The van der Waals surface area contributed by atoms with Gasteiger partial charge in [0.25, 0.3) is 5.91 Å². The van der Waals surface area contributed by atoms with Crippen LogP contribution < -0.4 is 16.8 Å². The number of amides is 2. The summed E-state index contributed by atoms with van der Waals surface area (Å²) in [7, 11) is 0. The minimum Gasteiger partial charge on any atom is -0.409 e. The van der Waals surface area contributed by atoms with Gasteiger partial charge in [-0.2, -0.15) is 0 Å². The number of amidine groups is 1. The number of nitrogens with two attached hydrogens (primary N) is 2. The number of hydrogen-bond donors (Lipinski definition) is 4. The van der Waals surface area contributed by atoms with E-state index in [-0.39, 0.29) is 31.5 Å². The minimum atomic E-state index is -0.560. The lowest BCUT2D eigenvalue weighted by molar-refractivity contribution is -0.122. The maximum absolute atomic E-state index is 11.7. The molecular formula is C12H16N4O4. The number of carbonyl (C=O) groups excluding carboxylic acids is 2. The summed E-state index contributed by atoms with van der Waals surface area (Å²) in [6.45, 7) is 0.273. The molecule has 0 aliphatic rings. The van der Waals surface area contributed by atoms with Crippen LogP contribution in [0.2, 0.25) is 0 Å². The van der Waals surface area contributed by atoms with Crippen molar-refractivity contribution in [1.29, 1.82) is 0 Å². The molecule has 1 rings (SSSR count). The van der Waals surface area contributed by atoms with E-state index in [4.69, 9.17) is 21.4 Å². The summed E-state index contributed by atoms with van der Waals surface area (Å²) in [6, 6.07) is 6.22. The third kappa shape index (κ3) is 4.94. The number of carbonyl (C=O) groups is 2. The SMILES string of the molecule is NC(=O)COCCNC(=O)c1ccc(/C(N)=N/O)cc1. The molecule has 0 aliphatic carbocycles. The third-order valence-corrected chi connectivity index (χ3v) is 2.33. The Morgan fingerprint density at radius 2 is 1.80 bits per heavy atom. The van der Waals surface area contributed by atoms with E-state index in [0.29, 0.717) is 11.1 Å². The average molecular weight is 280 g/mol. The fourth-order valence-electron chi connectivity index (χ4n) is 1.36. The summed E-state index contributed by atoms with van der Waals surface area (Å²) in [5.41, 5.74) is 11.2. The van der Waals surface area contributed by atoms with Crippen LogP contribution in [0.4, 0.5) is 0 Å². The topological polar surface area (TPSA) is 140 Å². The van der Waals surface area contributed by atoms with E-state index in [9.17, 15) is 9.59 Å². The lowest BCUT2D eigenvalue weighted by Crippen LogP contribution is -2.28. The van der Waals surface area contributed by atoms with E-state index in [1.165, 1.54) is 0 Å². The molecule has 0 saturated heterocycles. The molecule has 0 spiro atoms. The van der Waals surface area contributed by atoms with E-state index < -0.39 is 5.91 Å². The third-order valence-electron chi connectivity index (χ3n) is 2.33. The van der Waals surface area contributed by atoms with Crippen LogP contribution in [0.1, 0.15) is 15.9 Å². The zero-order valence-corrected chi connectivity index (χ0v) is 10.7. The molecule has 0 bridgehead atoms. The molecule has 2 amide bonds. The van der Waals surface area contributed by atoms with Crippen LogP contribution >= 0.6 is 0 Å². The molecule has 0 saturated carbocycles.